The Kier molecular flexibility index (Phi) is 3.80. The van der Waals surface area contributed by atoms with Crippen LogP contribution in [0.1, 0.15) is 30.6 Å². The molecule has 0 amide bonds. The van der Waals surface area contributed by atoms with Crippen molar-refractivity contribution in [2.24, 2.45) is 0 Å². The van der Waals surface area contributed by atoms with Crippen LogP contribution in [0, 0.1) is 0 Å². The molecular formula is C13H16N2O4S. The lowest BCUT2D eigenvalue weighted by molar-refractivity contribution is 0.0526. The highest BCUT2D eigenvalue weighted by atomic mass is 32.2. The number of aromatic nitrogens is 2. The fourth-order valence-electron chi connectivity index (χ4n) is 1.87. The van der Waals surface area contributed by atoms with E-state index in [1.54, 1.807) is 38.2 Å². The Labute approximate surface area is 117 Å². The Balaban J connectivity index is 2.34. The average Bonchev–Trinajstić information content (AvgIpc) is 2.90. The summed E-state index contributed by atoms with van der Waals surface area (Å²) in [6.45, 7) is 3.52. The third-order valence-electron chi connectivity index (χ3n) is 3.13. The van der Waals surface area contributed by atoms with Gasteiger partial charge in [-0.2, -0.15) is 9.19 Å². The summed E-state index contributed by atoms with van der Waals surface area (Å²) in [7, 11) is -3.73. The Morgan fingerprint density at radius 3 is 2.85 bits per heavy atom. The predicted molar refractivity (Wildman–Crippen MR) is 73.8 cm³/mol. The van der Waals surface area contributed by atoms with E-state index in [4.69, 9.17) is 4.74 Å². The second-order valence-electron chi connectivity index (χ2n) is 4.63. The molecule has 0 N–H and O–H groups in total. The topological polar surface area (TPSA) is 78.3 Å². The molecule has 0 saturated carbocycles. The monoisotopic (exact) mass is 296 g/mol. The van der Waals surface area contributed by atoms with Crippen LogP contribution in [0.5, 0.6) is 0 Å². The Morgan fingerprint density at radius 1 is 1.50 bits per heavy atom. The molecule has 0 spiro atoms. The predicted octanol–water partition coefficient (Wildman–Crippen LogP) is 1.51. The number of carbonyl (C=O) groups is 1. The zero-order valence-electron chi connectivity index (χ0n) is 11.3. The van der Waals surface area contributed by atoms with Crippen LogP contribution in [0.25, 0.3) is 0 Å². The highest BCUT2D eigenvalue weighted by molar-refractivity contribution is 7.91. The number of allylic oxidation sites excluding steroid dienone is 3. The van der Waals surface area contributed by atoms with Crippen LogP contribution in [-0.4, -0.2) is 34.9 Å². The summed E-state index contributed by atoms with van der Waals surface area (Å²) in [5, 5.41) is 3.78. The third-order valence-corrected chi connectivity index (χ3v) is 5.30. The van der Waals surface area contributed by atoms with Gasteiger partial charge in [0.2, 0.25) is 0 Å². The van der Waals surface area contributed by atoms with Gasteiger partial charge in [0.1, 0.15) is 4.75 Å². The van der Waals surface area contributed by atoms with Crippen molar-refractivity contribution in [1.82, 2.24) is 9.19 Å². The van der Waals surface area contributed by atoms with Crippen molar-refractivity contribution in [3.8, 4) is 0 Å². The number of esters is 1. The minimum Gasteiger partial charge on any atom is -0.462 e. The number of ether oxygens (including phenoxy) is 1. The summed E-state index contributed by atoms with van der Waals surface area (Å²) < 4.78 is 29.7. The SMILES string of the molecule is CCOC(=O)c1cnn(S(=O)(=O)C2(C)C=CC=CC2)c1. The Morgan fingerprint density at radius 2 is 2.25 bits per heavy atom. The molecule has 7 heteroatoms. The van der Waals surface area contributed by atoms with Crippen LogP contribution >= 0.6 is 0 Å². The Bertz CT molecular complexity index is 672. The number of hydrogen-bond acceptors (Lipinski definition) is 5. The molecule has 108 valence electrons. The van der Waals surface area contributed by atoms with Crippen molar-refractivity contribution in [2.75, 3.05) is 6.61 Å². The first-order valence-electron chi connectivity index (χ1n) is 6.22. The zero-order valence-corrected chi connectivity index (χ0v) is 12.1. The second kappa shape index (κ2) is 5.24. The van der Waals surface area contributed by atoms with Gasteiger partial charge >= 0.3 is 5.97 Å². The van der Waals surface area contributed by atoms with Crippen LogP contribution in [-0.2, 0) is 14.8 Å². The molecule has 0 bridgehead atoms. The average molecular weight is 296 g/mol. The minimum absolute atomic E-state index is 0.120. The first-order chi connectivity index (χ1) is 9.40. The molecular weight excluding hydrogens is 280 g/mol. The normalized spacial score (nSPS) is 21.9. The zero-order chi connectivity index (χ0) is 14.8. The van der Waals surface area contributed by atoms with Gasteiger partial charge in [-0.05, 0) is 20.3 Å². The largest absolute Gasteiger partial charge is 0.462 e. The number of nitrogens with zero attached hydrogens (tertiary/aromatic N) is 2. The molecule has 0 aromatic carbocycles. The molecule has 1 aromatic heterocycles. The minimum atomic E-state index is -3.73. The fourth-order valence-corrected chi connectivity index (χ4v) is 3.28. The molecule has 0 aliphatic heterocycles. The summed E-state index contributed by atoms with van der Waals surface area (Å²) in [6.07, 6.45) is 9.63. The van der Waals surface area contributed by atoms with E-state index in [0.29, 0.717) is 6.42 Å². The molecule has 1 heterocycles. The maximum atomic E-state index is 12.6. The summed E-state index contributed by atoms with van der Waals surface area (Å²) >= 11 is 0. The van der Waals surface area contributed by atoms with E-state index < -0.39 is 20.7 Å². The van der Waals surface area contributed by atoms with Gasteiger partial charge in [-0.25, -0.2) is 13.2 Å². The molecule has 0 fully saturated rings. The summed E-state index contributed by atoms with van der Waals surface area (Å²) in [6, 6.07) is 0. The highest BCUT2D eigenvalue weighted by Crippen LogP contribution is 2.28. The van der Waals surface area contributed by atoms with Gasteiger partial charge in [0.05, 0.1) is 24.6 Å². The molecule has 0 radical (unpaired) electrons. The second-order valence-corrected chi connectivity index (χ2v) is 6.89. The van der Waals surface area contributed by atoms with Crippen molar-refractivity contribution in [3.05, 3.63) is 42.3 Å². The van der Waals surface area contributed by atoms with Crippen LogP contribution in [0.4, 0.5) is 0 Å². The number of rotatable bonds is 4. The van der Waals surface area contributed by atoms with E-state index in [9.17, 15) is 13.2 Å². The van der Waals surface area contributed by atoms with E-state index in [1.807, 2.05) is 0 Å². The van der Waals surface area contributed by atoms with Crippen molar-refractivity contribution in [2.45, 2.75) is 25.0 Å². The van der Waals surface area contributed by atoms with E-state index in [0.717, 1.165) is 4.09 Å². The van der Waals surface area contributed by atoms with Gasteiger partial charge in [-0.15, -0.1) is 0 Å². The van der Waals surface area contributed by atoms with Crippen LogP contribution < -0.4 is 0 Å². The van der Waals surface area contributed by atoms with Gasteiger partial charge in [0.25, 0.3) is 10.0 Å². The van der Waals surface area contributed by atoms with Crippen LogP contribution in [0.15, 0.2) is 36.7 Å². The first kappa shape index (κ1) is 14.5. The van der Waals surface area contributed by atoms with Gasteiger partial charge in [0.15, 0.2) is 0 Å². The van der Waals surface area contributed by atoms with Gasteiger partial charge in [-0.1, -0.05) is 24.3 Å². The maximum absolute atomic E-state index is 12.6. The van der Waals surface area contributed by atoms with E-state index >= 15 is 0 Å². The van der Waals surface area contributed by atoms with E-state index in [-0.39, 0.29) is 12.2 Å². The number of hydrogen-bond donors (Lipinski definition) is 0. The summed E-state index contributed by atoms with van der Waals surface area (Å²) in [5.74, 6) is -0.585. The van der Waals surface area contributed by atoms with E-state index in [2.05, 4.69) is 5.10 Å². The Hall–Kier alpha value is -1.89. The molecule has 1 aliphatic rings. The summed E-state index contributed by atoms with van der Waals surface area (Å²) in [4.78, 5) is 11.5. The lowest BCUT2D eigenvalue weighted by Gasteiger charge is -2.25. The van der Waals surface area contributed by atoms with Gasteiger partial charge in [-0.3, -0.25) is 0 Å². The molecule has 1 unspecified atom stereocenters. The summed E-state index contributed by atoms with van der Waals surface area (Å²) in [5.41, 5.74) is 0.120. The van der Waals surface area contributed by atoms with Crippen LogP contribution in [0.3, 0.4) is 0 Å². The smallest absolute Gasteiger partial charge is 0.341 e. The van der Waals surface area contributed by atoms with Crippen molar-refractivity contribution in [3.63, 3.8) is 0 Å². The van der Waals surface area contributed by atoms with Crippen LogP contribution in [0.2, 0.25) is 0 Å². The van der Waals surface area contributed by atoms with Crippen molar-refractivity contribution < 1.29 is 17.9 Å². The lowest BCUT2D eigenvalue weighted by Crippen LogP contribution is -2.38. The lowest BCUT2D eigenvalue weighted by atomic mass is 10.0. The van der Waals surface area contributed by atoms with Gasteiger partial charge in [0, 0.05) is 0 Å². The molecule has 20 heavy (non-hydrogen) atoms. The quantitative estimate of drug-likeness (QED) is 0.787. The fraction of sp³-hybridized carbons (Fsp3) is 0.385. The number of carbonyl (C=O) groups excluding carboxylic acids is 1. The van der Waals surface area contributed by atoms with E-state index in [1.165, 1.54) is 12.4 Å². The molecule has 1 atom stereocenters. The van der Waals surface area contributed by atoms with Crippen molar-refractivity contribution >= 4 is 16.0 Å². The molecule has 1 aromatic rings. The molecule has 2 rings (SSSR count). The highest BCUT2D eigenvalue weighted by Gasteiger charge is 2.38. The van der Waals surface area contributed by atoms with Gasteiger partial charge < -0.3 is 4.74 Å². The maximum Gasteiger partial charge on any atom is 0.341 e. The molecule has 1 aliphatic carbocycles. The molecule has 6 nitrogen and oxygen atoms in total. The van der Waals surface area contributed by atoms with Crippen molar-refractivity contribution in [1.29, 1.82) is 0 Å². The first-order valence-corrected chi connectivity index (χ1v) is 7.66. The molecule has 0 saturated heterocycles. The third kappa shape index (κ3) is 2.40. The standard InChI is InChI=1S/C13H16N2O4S/c1-3-19-12(16)11-9-14-15(10-11)20(17,18)13(2)7-5-4-6-8-13/h4-7,9-10H,3,8H2,1-2H3.